The van der Waals surface area contributed by atoms with Crippen LogP contribution < -0.4 is 18.9 Å². The molecule has 0 heterocycles. The average molecular weight is 140 g/mol. The second-order valence-corrected chi connectivity index (χ2v) is 7.13. The van der Waals surface area contributed by atoms with E-state index in [0.29, 0.717) is 0 Å². The molecule has 0 saturated carbocycles. The molecule has 0 aliphatic carbocycles. The van der Waals surface area contributed by atoms with Gasteiger partial charge in [-0.3, -0.25) is 4.79 Å². The van der Waals surface area contributed by atoms with Crippen LogP contribution >= 0.6 is 0 Å². The summed E-state index contributed by atoms with van der Waals surface area (Å²) in [5.74, 6) is -0.163. The number of carbonyl (C=O) groups is 1. The zero-order chi connectivity index (χ0) is 6.78. The van der Waals surface area contributed by atoms with Gasteiger partial charge in [0, 0.05) is 6.92 Å². The van der Waals surface area contributed by atoms with Crippen LogP contribution in [0.4, 0.5) is 0 Å². The first-order valence-electron chi connectivity index (χ1n) is 2.61. The molecule has 0 saturated heterocycles. The zero-order valence-electron chi connectivity index (χ0n) is 7.82. The molecule has 0 spiro atoms. The van der Waals surface area contributed by atoms with Crippen molar-refractivity contribution < 1.29 is 29.5 Å². The van der Waals surface area contributed by atoms with E-state index in [1.165, 1.54) is 6.92 Å². The van der Waals surface area contributed by atoms with Crippen molar-refractivity contribution in [3.63, 3.8) is 0 Å². The van der Waals surface area contributed by atoms with Crippen LogP contribution in [0, 0.1) is 0 Å². The molecule has 0 aliphatic rings. The van der Waals surface area contributed by atoms with Gasteiger partial charge in [-0.15, -0.1) is 0 Å². The molecule has 50 valence electrons. The van der Waals surface area contributed by atoms with Crippen molar-refractivity contribution in [3.8, 4) is 0 Å². The SMILES string of the molecule is CC(=O)O[Si](C)(C)C.[H-].[Li+]. The van der Waals surface area contributed by atoms with Gasteiger partial charge in [-0.2, -0.15) is 0 Å². The Bertz CT molecular complexity index is 102. The molecule has 0 radical (unpaired) electrons. The van der Waals surface area contributed by atoms with Crippen molar-refractivity contribution in [2.45, 2.75) is 26.6 Å². The third kappa shape index (κ3) is 11.7. The Kier molecular flexibility index (Phi) is 5.55. The minimum absolute atomic E-state index is 0. The van der Waals surface area contributed by atoms with Gasteiger partial charge in [0.25, 0.3) is 5.97 Å². The van der Waals surface area contributed by atoms with Crippen LogP contribution in [0.3, 0.4) is 0 Å². The normalized spacial score (nSPS) is 9.78. The standard InChI is InChI=1S/C5H12O2Si.Li.H/c1-5(6)7-8(2,3)4;;/h1-4H3;;/q;+1;-1. The molecule has 0 bridgehead atoms. The van der Waals surface area contributed by atoms with Gasteiger partial charge in [-0.25, -0.2) is 0 Å². The van der Waals surface area contributed by atoms with E-state index in [1.54, 1.807) is 0 Å². The van der Waals surface area contributed by atoms with E-state index in [1.807, 2.05) is 19.6 Å². The van der Waals surface area contributed by atoms with Gasteiger partial charge in [0.2, 0.25) is 8.32 Å². The summed E-state index contributed by atoms with van der Waals surface area (Å²) in [6.07, 6.45) is 0. The Morgan fingerprint density at radius 1 is 1.44 bits per heavy atom. The molecule has 0 atom stereocenters. The maximum Gasteiger partial charge on any atom is 1.00 e. The van der Waals surface area contributed by atoms with E-state index in [9.17, 15) is 4.79 Å². The van der Waals surface area contributed by atoms with Gasteiger partial charge in [0.1, 0.15) is 0 Å². The Balaban J connectivity index is -0.000000245. The number of hydrogen-bond donors (Lipinski definition) is 0. The number of rotatable bonds is 1. The van der Waals surface area contributed by atoms with Gasteiger partial charge < -0.3 is 5.85 Å². The van der Waals surface area contributed by atoms with Gasteiger partial charge in [0.15, 0.2) is 0 Å². The van der Waals surface area contributed by atoms with Gasteiger partial charge in [-0.05, 0) is 19.6 Å². The summed E-state index contributed by atoms with van der Waals surface area (Å²) in [5.41, 5.74) is 0. The van der Waals surface area contributed by atoms with Crippen LogP contribution in [0.2, 0.25) is 19.6 Å². The fourth-order valence-corrected chi connectivity index (χ4v) is 1.29. The molecule has 0 N–H and O–H groups in total. The van der Waals surface area contributed by atoms with E-state index in [-0.39, 0.29) is 26.3 Å². The molecule has 0 amide bonds. The van der Waals surface area contributed by atoms with Crippen LogP contribution in [0.15, 0.2) is 0 Å². The predicted octanol–water partition coefficient (Wildman–Crippen LogP) is -1.50. The van der Waals surface area contributed by atoms with Crippen LogP contribution in [0.1, 0.15) is 8.35 Å². The van der Waals surface area contributed by atoms with Crippen molar-refractivity contribution >= 4 is 14.3 Å². The molecule has 0 aromatic carbocycles. The molecule has 0 aromatic heterocycles. The second kappa shape index (κ2) is 4.16. The first-order chi connectivity index (χ1) is 3.42. The average Bonchev–Trinajstić information content (AvgIpc) is 1.21. The van der Waals surface area contributed by atoms with Crippen molar-refractivity contribution in [2.24, 2.45) is 0 Å². The largest absolute Gasteiger partial charge is 1.00 e. The predicted molar refractivity (Wildman–Crippen MR) is 36.2 cm³/mol. The Hall–Kier alpha value is 0.284. The third-order valence-electron chi connectivity index (χ3n) is 0.450. The van der Waals surface area contributed by atoms with Crippen molar-refractivity contribution in [1.29, 1.82) is 0 Å². The molecule has 0 aliphatic heterocycles. The summed E-state index contributed by atoms with van der Waals surface area (Å²) in [5, 5.41) is 0. The minimum Gasteiger partial charge on any atom is -1.00 e. The quantitative estimate of drug-likeness (QED) is 0.414. The monoisotopic (exact) mass is 140 g/mol. The molecule has 0 fully saturated rings. The number of hydrogen-bond acceptors (Lipinski definition) is 2. The first kappa shape index (κ1) is 12.0. The van der Waals surface area contributed by atoms with E-state index in [2.05, 4.69) is 0 Å². The molecule has 0 unspecified atom stereocenters. The van der Waals surface area contributed by atoms with E-state index in [4.69, 9.17) is 4.43 Å². The summed E-state index contributed by atoms with van der Waals surface area (Å²) < 4.78 is 4.94. The molecule has 2 nitrogen and oxygen atoms in total. The summed E-state index contributed by atoms with van der Waals surface area (Å²) in [4.78, 5) is 10.3. The van der Waals surface area contributed by atoms with Gasteiger partial charge in [0.05, 0.1) is 0 Å². The molecule has 4 heteroatoms. The van der Waals surface area contributed by atoms with E-state index < -0.39 is 8.32 Å². The summed E-state index contributed by atoms with van der Waals surface area (Å²) >= 11 is 0. The molecular weight excluding hydrogens is 127 g/mol. The van der Waals surface area contributed by atoms with Gasteiger partial charge in [-0.1, -0.05) is 0 Å². The molecule has 0 aromatic rings. The Labute approximate surface area is 70.8 Å². The summed E-state index contributed by atoms with van der Waals surface area (Å²) in [6, 6.07) is 0. The minimum atomic E-state index is -1.57. The smallest absolute Gasteiger partial charge is 1.00 e. The summed E-state index contributed by atoms with van der Waals surface area (Å²) in [7, 11) is -1.57. The van der Waals surface area contributed by atoms with Crippen LogP contribution in [-0.2, 0) is 9.22 Å². The zero-order valence-corrected chi connectivity index (χ0v) is 7.82. The second-order valence-electron chi connectivity index (χ2n) is 2.71. The molecule has 0 rings (SSSR count). The Morgan fingerprint density at radius 2 is 1.78 bits per heavy atom. The first-order valence-corrected chi connectivity index (χ1v) is 6.02. The third-order valence-corrected chi connectivity index (χ3v) is 1.35. The number of carbonyl (C=O) groups excluding carboxylic acids is 1. The molecule has 9 heavy (non-hydrogen) atoms. The van der Waals surface area contributed by atoms with Crippen molar-refractivity contribution in [2.75, 3.05) is 0 Å². The maximum atomic E-state index is 10.3. The van der Waals surface area contributed by atoms with E-state index in [0.717, 1.165) is 0 Å². The van der Waals surface area contributed by atoms with Crippen molar-refractivity contribution in [3.05, 3.63) is 0 Å². The van der Waals surface area contributed by atoms with Crippen LogP contribution in [0.5, 0.6) is 0 Å². The molecular formula is C5H13LiO2Si. The fraction of sp³-hybridized carbons (Fsp3) is 0.800. The van der Waals surface area contributed by atoms with Crippen LogP contribution in [0.25, 0.3) is 0 Å². The van der Waals surface area contributed by atoms with Gasteiger partial charge >= 0.3 is 18.9 Å². The fourth-order valence-electron chi connectivity index (χ4n) is 0.431. The van der Waals surface area contributed by atoms with Crippen LogP contribution in [-0.4, -0.2) is 14.3 Å². The van der Waals surface area contributed by atoms with Crippen molar-refractivity contribution in [1.82, 2.24) is 0 Å². The topological polar surface area (TPSA) is 26.3 Å². The summed E-state index contributed by atoms with van der Waals surface area (Å²) in [6.45, 7) is 7.38. The maximum absolute atomic E-state index is 10.3. The Morgan fingerprint density at radius 3 is 1.78 bits per heavy atom. The van der Waals surface area contributed by atoms with E-state index >= 15 is 0 Å².